The highest BCUT2D eigenvalue weighted by Gasteiger charge is 2.19. The zero-order chi connectivity index (χ0) is 14.0. The first-order valence-corrected chi connectivity index (χ1v) is 6.83. The van der Waals surface area contributed by atoms with E-state index in [4.69, 9.17) is 9.47 Å². The number of carbonyl (C=O) groups excluding carboxylic acids is 1. The predicted molar refractivity (Wildman–Crippen MR) is 74.8 cm³/mol. The van der Waals surface area contributed by atoms with Crippen LogP contribution in [-0.4, -0.2) is 29.1 Å². The minimum absolute atomic E-state index is 0.336. The van der Waals surface area contributed by atoms with E-state index in [1.165, 1.54) is 0 Å². The molecule has 2 rings (SSSR count). The van der Waals surface area contributed by atoms with Crippen molar-refractivity contribution in [2.75, 3.05) is 13.7 Å². The van der Waals surface area contributed by atoms with Crippen molar-refractivity contribution >= 4 is 27.5 Å². The molecule has 0 spiro atoms. The van der Waals surface area contributed by atoms with Gasteiger partial charge in [-0.05, 0) is 29.3 Å². The van der Waals surface area contributed by atoms with Gasteiger partial charge in [-0.3, -0.25) is 0 Å². The number of rotatable bonds is 4. The average Bonchev–Trinajstić information content (AvgIpc) is 2.75. The van der Waals surface area contributed by atoms with Crippen molar-refractivity contribution in [2.24, 2.45) is 0 Å². The van der Waals surface area contributed by atoms with Gasteiger partial charge in [-0.1, -0.05) is 6.92 Å². The van der Waals surface area contributed by atoms with E-state index in [0.29, 0.717) is 30.1 Å². The van der Waals surface area contributed by atoms with Gasteiger partial charge < -0.3 is 13.9 Å². The molecule has 0 unspecified atom stereocenters. The van der Waals surface area contributed by atoms with E-state index in [0.717, 1.165) is 10.2 Å². The van der Waals surface area contributed by atoms with Gasteiger partial charge in [0.2, 0.25) is 0 Å². The third-order valence-corrected chi connectivity index (χ3v) is 3.39. The number of imidazole rings is 1. The Labute approximate surface area is 119 Å². The van der Waals surface area contributed by atoms with Crippen LogP contribution in [0.25, 0.3) is 5.65 Å². The lowest BCUT2D eigenvalue weighted by atomic mass is 10.2. The Kier molecular flexibility index (Phi) is 4.09. The summed E-state index contributed by atoms with van der Waals surface area (Å²) in [4.78, 5) is 16.2. The predicted octanol–water partition coefficient (Wildman–Crippen LogP) is 2.84. The number of aryl methyl sites for hydroxylation is 1. The molecule has 0 saturated carbocycles. The summed E-state index contributed by atoms with van der Waals surface area (Å²) in [5.41, 5.74) is 1.86. The quantitative estimate of drug-likeness (QED) is 0.811. The molecule has 0 bridgehead atoms. The van der Waals surface area contributed by atoms with Crippen LogP contribution in [0.5, 0.6) is 5.75 Å². The molecule has 0 aliphatic heterocycles. The number of hydrogen-bond donors (Lipinski definition) is 0. The highest BCUT2D eigenvalue weighted by molar-refractivity contribution is 9.10. The molecule has 2 heterocycles. The van der Waals surface area contributed by atoms with Crippen LogP contribution in [-0.2, 0) is 11.2 Å². The van der Waals surface area contributed by atoms with E-state index in [2.05, 4.69) is 20.9 Å². The number of esters is 1. The van der Waals surface area contributed by atoms with Crippen LogP contribution < -0.4 is 4.74 Å². The fourth-order valence-electron chi connectivity index (χ4n) is 1.95. The van der Waals surface area contributed by atoms with E-state index in [9.17, 15) is 4.79 Å². The standard InChI is InChI=1S/C13H15BrN2O3/c1-4-9-12(13(17)19-5-2)15-11-6-10(18-3)8(14)7-16(9)11/h6-7H,4-5H2,1-3H3. The first-order chi connectivity index (χ1) is 9.12. The number of pyridine rings is 1. The SMILES string of the molecule is CCOC(=O)c1nc2cc(OC)c(Br)cn2c1CC. The monoisotopic (exact) mass is 326 g/mol. The summed E-state index contributed by atoms with van der Waals surface area (Å²) in [5, 5.41) is 0. The lowest BCUT2D eigenvalue weighted by Gasteiger charge is -2.05. The van der Waals surface area contributed by atoms with Gasteiger partial charge in [-0.2, -0.15) is 0 Å². The van der Waals surface area contributed by atoms with E-state index in [-0.39, 0.29) is 0 Å². The molecule has 0 aliphatic rings. The number of carbonyl (C=O) groups is 1. The van der Waals surface area contributed by atoms with Crippen molar-refractivity contribution in [1.29, 1.82) is 0 Å². The van der Waals surface area contributed by atoms with Crippen LogP contribution in [0.1, 0.15) is 30.0 Å². The Morgan fingerprint density at radius 3 is 2.79 bits per heavy atom. The van der Waals surface area contributed by atoms with E-state index < -0.39 is 5.97 Å². The van der Waals surface area contributed by atoms with Crippen LogP contribution in [0, 0.1) is 0 Å². The van der Waals surface area contributed by atoms with Gasteiger partial charge in [-0.25, -0.2) is 9.78 Å². The third-order valence-electron chi connectivity index (χ3n) is 2.80. The maximum atomic E-state index is 11.9. The van der Waals surface area contributed by atoms with E-state index in [1.807, 2.05) is 17.5 Å². The van der Waals surface area contributed by atoms with Gasteiger partial charge in [0.25, 0.3) is 0 Å². The average molecular weight is 327 g/mol. The van der Waals surface area contributed by atoms with Crippen LogP contribution in [0.4, 0.5) is 0 Å². The highest BCUT2D eigenvalue weighted by Crippen LogP contribution is 2.27. The van der Waals surface area contributed by atoms with E-state index >= 15 is 0 Å². The molecule has 2 aromatic heterocycles. The normalized spacial score (nSPS) is 10.7. The zero-order valence-corrected chi connectivity index (χ0v) is 12.7. The number of ether oxygens (including phenoxy) is 2. The Morgan fingerprint density at radius 1 is 1.47 bits per heavy atom. The minimum Gasteiger partial charge on any atom is -0.495 e. The molecule has 0 saturated heterocycles. The first kappa shape index (κ1) is 13.9. The molecular formula is C13H15BrN2O3. The fourth-order valence-corrected chi connectivity index (χ4v) is 2.43. The number of nitrogens with zero attached hydrogens (tertiary/aromatic N) is 2. The van der Waals surface area contributed by atoms with Gasteiger partial charge in [-0.15, -0.1) is 0 Å². The summed E-state index contributed by atoms with van der Waals surface area (Å²) in [6.07, 6.45) is 2.54. The van der Waals surface area contributed by atoms with Gasteiger partial charge in [0.15, 0.2) is 5.69 Å². The maximum absolute atomic E-state index is 11.9. The van der Waals surface area contributed by atoms with E-state index in [1.54, 1.807) is 20.1 Å². The summed E-state index contributed by atoms with van der Waals surface area (Å²) in [6, 6.07) is 1.78. The molecule has 0 atom stereocenters. The Morgan fingerprint density at radius 2 is 2.21 bits per heavy atom. The topological polar surface area (TPSA) is 52.8 Å². The Bertz CT molecular complexity index is 622. The van der Waals surface area contributed by atoms with Gasteiger partial charge in [0, 0.05) is 12.3 Å². The second kappa shape index (κ2) is 5.61. The van der Waals surface area contributed by atoms with Gasteiger partial charge in [0.1, 0.15) is 11.4 Å². The summed E-state index contributed by atoms with van der Waals surface area (Å²) < 4.78 is 12.9. The number of fused-ring (bicyclic) bond motifs is 1. The highest BCUT2D eigenvalue weighted by atomic mass is 79.9. The zero-order valence-electron chi connectivity index (χ0n) is 11.1. The second-order valence-electron chi connectivity index (χ2n) is 3.90. The Hall–Kier alpha value is -1.56. The first-order valence-electron chi connectivity index (χ1n) is 6.03. The molecule has 19 heavy (non-hydrogen) atoms. The smallest absolute Gasteiger partial charge is 0.358 e. The van der Waals surface area contributed by atoms with Crippen molar-refractivity contribution < 1.29 is 14.3 Å². The van der Waals surface area contributed by atoms with Crippen LogP contribution in [0.2, 0.25) is 0 Å². The second-order valence-corrected chi connectivity index (χ2v) is 4.75. The lowest BCUT2D eigenvalue weighted by Crippen LogP contribution is -2.08. The minimum atomic E-state index is -0.391. The summed E-state index contributed by atoms with van der Waals surface area (Å²) >= 11 is 3.43. The van der Waals surface area contributed by atoms with Gasteiger partial charge >= 0.3 is 5.97 Å². The molecular weight excluding hydrogens is 312 g/mol. The summed E-state index contributed by atoms with van der Waals surface area (Å²) in [7, 11) is 1.59. The number of methoxy groups -OCH3 is 1. The maximum Gasteiger partial charge on any atom is 0.358 e. The molecule has 5 nitrogen and oxygen atoms in total. The number of aromatic nitrogens is 2. The third kappa shape index (κ3) is 2.45. The molecule has 102 valence electrons. The Balaban J connectivity index is 2.63. The van der Waals surface area contributed by atoms with Crippen LogP contribution in [0.15, 0.2) is 16.7 Å². The van der Waals surface area contributed by atoms with Crippen molar-refractivity contribution in [3.8, 4) is 5.75 Å². The summed E-state index contributed by atoms with van der Waals surface area (Å²) in [5.74, 6) is 0.286. The fraction of sp³-hybridized carbons (Fsp3) is 0.385. The molecule has 2 aromatic rings. The molecule has 0 N–H and O–H groups in total. The largest absolute Gasteiger partial charge is 0.495 e. The van der Waals surface area contributed by atoms with Gasteiger partial charge in [0.05, 0.1) is 23.9 Å². The number of halogens is 1. The van der Waals surface area contributed by atoms with Crippen LogP contribution >= 0.6 is 15.9 Å². The molecule has 0 aliphatic carbocycles. The van der Waals surface area contributed by atoms with Crippen molar-refractivity contribution in [2.45, 2.75) is 20.3 Å². The number of hydrogen-bond acceptors (Lipinski definition) is 4. The molecule has 6 heteroatoms. The molecule has 0 radical (unpaired) electrons. The van der Waals surface area contributed by atoms with Crippen molar-refractivity contribution in [3.05, 3.63) is 28.1 Å². The molecule has 0 aromatic carbocycles. The molecule has 0 fully saturated rings. The summed E-state index contributed by atoms with van der Waals surface area (Å²) in [6.45, 7) is 4.09. The van der Waals surface area contributed by atoms with Crippen LogP contribution in [0.3, 0.4) is 0 Å². The lowest BCUT2D eigenvalue weighted by molar-refractivity contribution is 0.0519. The van der Waals surface area contributed by atoms with Crippen molar-refractivity contribution in [1.82, 2.24) is 9.38 Å². The van der Waals surface area contributed by atoms with Crippen molar-refractivity contribution in [3.63, 3.8) is 0 Å². The molecule has 0 amide bonds.